The lowest BCUT2D eigenvalue weighted by molar-refractivity contribution is 0.0918. The molecule has 9 heteroatoms. The summed E-state index contributed by atoms with van der Waals surface area (Å²) in [6, 6.07) is 13.6. The SMILES string of the molecule is NC(=O)c1c(O)c2cc(Cc3ccc(F)cc3F)cnc2n(OCc2ccccc2)c1=O. The van der Waals surface area contributed by atoms with Gasteiger partial charge in [-0.05, 0) is 28.8 Å². The third-order valence-electron chi connectivity index (χ3n) is 4.87. The Kier molecular flexibility index (Phi) is 5.55. The van der Waals surface area contributed by atoms with Crippen LogP contribution in [0.15, 0.2) is 65.6 Å². The van der Waals surface area contributed by atoms with E-state index in [0.29, 0.717) is 5.56 Å². The van der Waals surface area contributed by atoms with Crippen molar-refractivity contribution in [2.75, 3.05) is 0 Å². The summed E-state index contributed by atoms with van der Waals surface area (Å²) < 4.78 is 28.0. The molecule has 0 saturated heterocycles. The molecule has 4 rings (SSSR count). The molecule has 0 atom stereocenters. The standard InChI is InChI=1S/C23H17F2N3O4/c24-16-7-6-15(18(25)10-16)8-14-9-17-20(29)19(21(26)30)23(31)28(22(17)27-11-14)32-12-13-4-2-1-3-5-13/h1-7,9-11,29H,8,12H2,(H2,26,30). The van der Waals surface area contributed by atoms with Crippen LogP contribution in [0.5, 0.6) is 5.75 Å². The Morgan fingerprint density at radius 2 is 1.84 bits per heavy atom. The first kappa shape index (κ1) is 21.0. The van der Waals surface area contributed by atoms with Gasteiger partial charge in [0.1, 0.15) is 29.6 Å². The first-order valence-electron chi connectivity index (χ1n) is 9.52. The van der Waals surface area contributed by atoms with Crippen molar-refractivity contribution in [3.05, 3.63) is 105 Å². The third kappa shape index (κ3) is 4.00. The van der Waals surface area contributed by atoms with Crippen LogP contribution in [0, 0.1) is 11.6 Å². The Labute approximate surface area is 180 Å². The van der Waals surface area contributed by atoms with E-state index in [4.69, 9.17) is 10.6 Å². The summed E-state index contributed by atoms with van der Waals surface area (Å²) >= 11 is 0. The average molecular weight is 437 g/mol. The molecule has 7 nitrogen and oxygen atoms in total. The van der Waals surface area contributed by atoms with Crippen LogP contribution in [0.25, 0.3) is 11.0 Å². The summed E-state index contributed by atoms with van der Waals surface area (Å²) in [4.78, 5) is 34.4. The molecule has 0 aliphatic heterocycles. The maximum atomic E-state index is 14.0. The normalized spacial score (nSPS) is 10.9. The number of nitrogens with two attached hydrogens (primary N) is 1. The number of benzene rings is 2. The van der Waals surface area contributed by atoms with Gasteiger partial charge in [-0.25, -0.2) is 13.8 Å². The first-order chi connectivity index (χ1) is 15.3. The summed E-state index contributed by atoms with van der Waals surface area (Å²) in [7, 11) is 0. The fourth-order valence-electron chi connectivity index (χ4n) is 3.31. The maximum absolute atomic E-state index is 14.0. The third-order valence-corrected chi connectivity index (χ3v) is 4.87. The van der Waals surface area contributed by atoms with Crippen LogP contribution in [-0.4, -0.2) is 20.7 Å². The minimum atomic E-state index is -1.14. The number of primary amides is 1. The molecule has 0 aliphatic carbocycles. The Hall–Kier alpha value is -4.27. The number of nitrogens with zero attached hydrogens (tertiary/aromatic N) is 2. The van der Waals surface area contributed by atoms with Gasteiger partial charge in [0.2, 0.25) is 0 Å². The first-order valence-corrected chi connectivity index (χ1v) is 9.52. The molecule has 0 fully saturated rings. The Morgan fingerprint density at radius 1 is 1.09 bits per heavy atom. The van der Waals surface area contributed by atoms with Crippen LogP contribution in [0.1, 0.15) is 27.0 Å². The van der Waals surface area contributed by atoms with Crippen molar-refractivity contribution in [2.24, 2.45) is 5.73 Å². The molecule has 0 spiro atoms. The molecule has 1 amide bonds. The molecule has 3 N–H and O–H groups in total. The fraction of sp³-hybridized carbons (Fsp3) is 0.0870. The number of amides is 1. The zero-order chi connectivity index (χ0) is 22.8. The van der Waals surface area contributed by atoms with Crippen molar-refractivity contribution in [3.63, 3.8) is 0 Å². The number of hydrogen-bond acceptors (Lipinski definition) is 5. The van der Waals surface area contributed by atoms with Gasteiger partial charge in [0.15, 0.2) is 5.65 Å². The number of pyridine rings is 2. The topological polar surface area (TPSA) is 107 Å². The molecular weight excluding hydrogens is 420 g/mol. The monoisotopic (exact) mass is 437 g/mol. The van der Waals surface area contributed by atoms with Gasteiger partial charge >= 0.3 is 5.56 Å². The highest BCUT2D eigenvalue weighted by Crippen LogP contribution is 2.27. The number of rotatable bonds is 6. The molecule has 2 aromatic carbocycles. The molecule has 0 unspecified atom stereocenters. The van der Waals surface area contributed by atoms with Crippen LogP contribution >= 0.6 is 0 Å². The highest BCUT2D eigenvalue weighted by atomic mass is 19.1. The molecule has 2 aromatic heterocycles. The van der Waals surface area contributed by atoms with E-state index in [-0.39, 0.29) is 29.6 Å². The van der Waals surface area contributed by atoms with Gasteiger partial charge in [0.05, 0.1) is 5.39 Å². The Morgan fingerprint density at radius 3 is 2.53 bits per heavy atom. The summed E-state index contributed by atoms with van der Waals surface area (Å²) in [5.74, 6) is -3.22. The van der Waals surface area contributed by atoms with E-state index in [1.807, 2.05) is 6.07 Å². The lowest BCUT2D eigenvalue weighted by atomic mass is 10.0. The van der Waals surface area contributed by atoms with Crippen molar-refractivity contribution in [1.82, 2.24) is 9.71 Å². The molecule has 32 heavy (non-hydrogen) atoms. The lowest BCUT2D eigenvalue weighted by Crippen LogP contribution is -2.34. The molecular formula is C23H17F2N3O4. The minimum absolute atomic E-state index is 0.0109. The highest BCUT2D eigenvalue weighted by molar-refractivity contribution is 6.00. The number of halogens is 2. The predicted octanol–water partition coefficient (Wildman–Crippen LogP) is 2.70. The van der Waals surface area contributed by atoms with Gasteiger partial charge in [0, 0.05) is 18.7 Å². The number of hydrogen-bond donors (Lipinski definition) is 2. The van der Waals surface area contributed by atoms with E-state index in [0.717, 1.165) is 22.4 Å². The molecule has 2 heterocycles. The van der Waals surface area contributed by atoms with Gasteiger partial charge in [-0.15, -0.1) is 4.73 Å². The van der Waals surface area contributed by atoms with Gasteiger partial charge in [0.25, 0.3) is 5.91 Å². The summed E-state index contributed by atoms with van der Waals surface area (Å²) in [5.41, 5.74) is 5.05. The summed E-state index contributed by atoms with van der Waals surface area (Å²) in [6.07, 6.45) is 1.40. The Balaban J connectivity index is 1.80. The van der Waals surface area contributed by atoms with E-state index in [2.05, 4.69) is 4.98 Å². The number of carbonyl (C=O) groups is 1. The van der Waals surface area contributed by atoms with Gasteiger partial charge in [-0.1, -0.05) is 36.4 Å². The van der Waals surface area contributed by atoms with E-state index in [1.165, 1.54) is 18.3 Å². The second kappa shape index (κ2) is 8.46. The molecule has 0 radical (unpaired) electrons. The lowest BCUT2D eigenvalue weighted by Gasteiger charge is -2.14. The van der Waals surface area contributed by atoms with Crippen LogP contribution in [0.2, 0.25) is 0 Å². The smallest absolute Gasteiger partial charge is 0.301 e. The zero-order valence-electron chi connectivity index (χ0n) is 16.6. The van der Waals surface area contributed by atoms with Crippen LogP contribution < -0.4 is 16.1 Å². The van der Waals surface area contributed by atoms with Crippen molar-refractivity contribution in [1.29, 1.82) is 0 Å². The van der Waals surface area contributed by atoms with Crippen LogP contribution in [0.3, 0.4) is 0 Å². The molecule has 162 valence electrons. The van der Waals surface area contributed by atoms with E-state index < -0.39 is 34.4 Å². The maximum Gasteiger partial charge on any atom is 0.301 e. The van der Waals surface area contributed by atoms with Crippen molar-refractivity contribution >= 4 is 16.9 Å². The highest BCUT2D eigenvalue weighted by Gasteiger charge is 2.22. The Bertz CT molecular complexity index is 1390. The van der Waals surface area contributed by atoms with Crippen LogP contribution in [-0.2, 0) is 13.0 Å². The molecule has 4 aromatic rings. The van der Waals surface area contributed by atoms with Gasteiger partial charge in [-0.2, -0.15) is 0 Å². The number of aromatic hydroxyl groups is 1. The van der Waals surface area contributed by atoms with E-state index >= 15 is 0 Å². The fourth-order valence-corrected chi connectivity index (χ4v) is 3.31. The largest absolute Gasteiger partial charge is 0.506 e. The van der Waals surface area contributed by atoms with Gasteiger partial charge < -0.3 is 15.7 Å². The predicted molar refractivity (Wildman–Crippen MR) is 112 cm³/mol. The average Bonchev–Trinajstić information content (AvgIpc) is 2.76. The van der Waals surface area contributed by atoms with E-state index in [9.17, 15) is 23.5 Å². The van der Waals surface area contributed by atoms with Gasteiger partial charge in [-0.3, -0.25) is 9.59 Å². The second-order valence-electron chi connectivity index (χ2n) is 7.07. The van der Waals surface area contributed by atoms with Crippen LogP contribution in [0.4, 0.5) is 8.78 Å². The molecule has 0 aliphatic rings. The second-order valence-corrected chi connectivity index (χ2v) is 7.07. The number of aromatic nitrogens is 2. The minimum Gasteiger partial charge on any atom is -0.506 e. The molecule has 0 bridgehead atoms. The van der Waals surface area contributed by atoms with E-state index in [1.54, 1.807) is 24.3 Å². The summed E-state index contributed by atoms with van der Waals surface area (Å²) in [6.45, 7) is -0.0109. The quantitative estimate of drug-likeness (QED) is 0.482. The number of carbonyl (C=O) groups excluding carboxylic acids is 1. The number of fused-ring (bicyclic) bond motifs is 1. The van der Waals surface area contributed by atoms with Crippen molar-refractivity contribution in [2.45, 2.75) is 13.0 Å². The zero-order valence-corrected chi connectivity index (χ0v) is 16.6. The molecule has 0 saturated carbocycles. The van der Waals surface area contributed by atoms with Crippen molar-refractivity contribution in [3.8, 4) is 5.75 Å². The van der Waals surface area contributed by atoms with Crippen molar-refractivity contribution < 1.29 is 23.5 Å². The summed E-state index contributed by atoms with van der Waals surface area (Å²) in [5, 5.41) is 10.6.